The van der Waals surface area contributed by atoms with Gasteiger partial charge in [-0.25, -0.2) is 0 Å². The molecule has 0 aromatic rings. The number of rotatable bonds is 4. The van der Waals surface area contributed by atoms with Crippen LogP contribution in [-0.2, 0) is 4.74 Å². The van der Waals surface area contributed by atoms with Crippen molar-refractivity contribution in [2.45, 2.75) is 57.0 Å². The Morgan fingerprint density at radius 2 is 2.00 bits per heavy atom. The van der Waals surface area contributed by atoms with Gasteiger partial charge in [-0.05, 0) is 45.1 Å². The van der Waals surface area contributed by atoms with Gasteiger partial charge in [-0.3, -0.25) is 4.90 Å². The Bertz CT molecular complexity index is 230. The van der Waals surface area contributed by atoms with Crippen LogP contribution in [0, 0.1) is 5.92 Å². The van der Waals surface area contributed by atoms with Crippen molar-refractivity contribution in [1.82, 2.24) is 4.90 Å². The molecule has 1 aliphatic carbocycles. The lowest BCUT2D eigenvalue weighted by Crippen LogP contribution is -2.57. The van der Waals surface area contributed by atoms with Gasteiger partial charge in [0.2, 0.25) is 0 Å². The highest BCUT2D eigenvalue weighted by Gasteiger charge is 2.41. The molecule has 1 unspecified atom stereocenters. The van der Waals surface area contributed by atoms with Crippen molar-refractivity contribution in [3.63, 3.8) is 0 Å². The molecule has 0 spiro atoms. The third-order valence-electron chi connectivity index (χ3n) is 5.15. The molecule has 1 atom stereocenters. The summed E-state index contributed by atoms with van der Waals surface area (Å²) in [6.45, 7) is 4.76. The van der Waals surface area contributed by atoms with Gasteiger partial charge in [0.15, 0.2) is 0 Å². The van der Waals surface area contributed by atoms with E-state index in [0.29, 0.717) is 0 Å². The van der Waals surface area contributed by atoms with Crippen LogP contribution in [0.4, 0.5) is 0 Å². The minimum atomic E-state index is 0.129. The third kappa shape index (κ3) is 2.67. The smallest absolute Gasteiger partial charge is 0.0663 e. The van der Waals surface area contributed by atoms with E-state index in [1.807, 2.05) is 0 Å². The molecule has 17 heavy (non-hydrogen) atoms. The summed E-state index contributed by atoms with van der Waals surface area (Å²) in [6.07, 6.45) is 7.93. The predicted octanol–water partition coefficient (Wildman–Crippen LogP) is 2.00. The molecule has 3 heteroatoms. The minimum absolute atomic E-state index is 0.129. The molecular formula is C14H28N2O. The summed E-state index contributed by atoms with van der Waals surface area (Å²) < 4.78 is 5.58. The molecule has 0 bridgehead atoms. The topological polar surface area (TPSA) is 38.5 Å². The summed E-state index contributed by atoms with van der Waals surface area (Å²) in [5.41, 5.74) is 6.14. The first-order valence-corrected chi connectivity index (χ1v) is 7.22. The quantitative estimate of drug-likeness (QED) is 0.817. The number of hydrogen-bond acceptors (Lipinski definition) is 3. The van der Waals surface area contributed by atoms with Gasteiger partial charge in [-0.1, -0.05) is 13.3 Å². The number of nitrogens with two attached hydrogens (primary N) is 1. The second-order valence-corrected chi connectivity index (χ2v) is 5.92. The van der Waals surface area contributed by atoms with Crippen molar-refractivity contribution in [3.8, 4) is 0 Å². The standard InChI is InChI=1S/C14H28N2O/c1-3-12-4-6-13(7-5-12)16(2)14(10-15)8-9-17-11-14/h12-13H,3-11,15H2,1-2H3. The molecule has 2 aliphatic rings. The van der Waals surface area contributed by atoms with Crippen molar-refractivity contribution >= 4 is 0 Å². The van der Waals surface area contributed by atoms with Crippen molar-refractivity contribution in [2.75, 3.05) is 26.8 Å². The molecule has 2 rings (SSSR count). The van der Waals surface area contributed by atoms with Crippen LogP contribution in [0.1, 0.15) is 45.4 Å². The molecule has 0 amide bonds. The molecule has 2 fully saturated rings. The lowest BCUT2D eigenvalue weighted by atomic mass is 9.82. The average molecular weight is 240 g/mol. The van der Waals surface area contributed by atoms with Crippen LogP contribution in [0.5, 0.6) is 0 Å². The highest BCUT2D eigenvalue weighted by atomic mass is 16.5. The second kappa shape index (κ2) is 5.68. The van der Waals surface area contributed by atoms with Crippen LogP contribution in [0.3, 0.4) is 0 Å². The molecule has 0 aromatic heterocycles. The van der Waals surface area contributed by atoms with Gasteiger partial charge in [0, 0.05) is 19.2 Å². The van der Waals surface area contributed by atoms with Gasteiger partial charge in [-0.15, -0.1) is 0 Å². The first kappa shape index (κ1) is 13.3. The van der Waals surface area contributed by atoms with Gasteiger partial charge in [0.1, 0.15) is 0 Å². The Hall–Kier alpha value is -0.120. The molecule has 2 N–H and O–H groups in total. The normalized spacial score (nSPS) is 38.8. The fourth-order valence-corrected chi connectivity index (χ4v) is 3.51. The fraction of sp³-hybridized carbons (Fsp3) is 1.00. The van der Waals surface area contributed by atoms with E-state index in [1.54, 1.807) is 0 Å². The molecule has 1 saturated heterocycles. The van der Waals surface area contributed by atoms with Crippen LogP contribution in [0.2, 0.25) is 0 Å². The molecule has 1 saturated carbocycles. The first-order chi connectivity index (χ1) is 8.22. The van der Waals surface area contributed by atoms with Crippen LogP contribution in [-0.4, -0.2) is 43.3 Å². The predicted molar refractivity (Wildman–Crippen MR) is 71.0 cm³/mol. The van der Waals surface area contributed by atoms with Gasteiger partial charge < -0.3 is 10.5 Å². The maximum Gasteiger partial charge on any atom is 0.0663 e. The maximum absolute atomic E-state index is 6.01. The van der Waals surface area contributed by atoms with E-state index in [0.717, 1.165) is 38.1 Å². The summed E-state index contributed by atoms with van der Waals surface area (Å²) >= 11 is 0. The molecule has 0 radical (unpaired) electrons. The van der Waals surface area contributed by atoms with Gasteiger partial charge in [0.25, 0.3) is 0 Å². The summed E-state index contributed by atoms with van der Waals surface area (Å²) in [5.74, 6) is 0.966. The van der Waals surface area contributed by atoms with E-state index >= 15 is 0 Å². The maximum atomic E-state index is 6.01. The van der Waals surface area contributed by atoms with Crippen molar-refractivity contribution in [1.29, 1.82) is 0 Å². The van der Waals surface area contributed by atoms with E-state index < -0.39 is 0 Å². The van der Waals surface area contributed by atoms with E-state index in [-0.39, 0.29) is 5.54 Å². The zero-order valence-corrected chi connectivity index (χ0v) is 11.5. The van der Waals surface area contributed by atoms with Crippen LogP contribution >= 0.6 is 0 Å². The largest absolute Gasteiger partial charge is 0.379 e. The van der Waals surface area contributed by atoms with E-state index in [4.69, 9.17) is 10.5 Å². The number of nitrogens with zero attached hydrogens (tertiary/aromatic N) is 1. The van der Waals surface area contributed by atoms with Gasteiger partial charge in [-0.2, -0.15) is 0 Å². The van der Waals surface area contributed by atoms with Crippen molar-refractivity contribution in [2.24, 2.45) is 11.7 Å². The second-order valence-electron chi connectivity index (χ2n) is 5.92. The molecular weight excluding hydrogens is 212 g/mol. The highest BCUT2D eigenvalue weighted by Crippen LogP contribution is 2.34. The Morgan fingerprint density at radius 3 is 2.47 bits per heavy atom. The molecule has 1 aliphatic heterocycles. The Kier molecular flexibility index (Phi) is 4.45. The summed E-state index contributed by atoms with van der Waals surface area (Å²) in [5, 5.41) is 0. The highest BCUT2D eigenvalue weighted by molar-refractivity contribution is 4.97. The zero-order chi connectivity index (χ0) is 12.3. The minimum Gasteiger partial charge on any atom is -0.379 e. The monoisotopic (exact) mass is 240 g/mol. The molecule has 0 aromatic carbocycles. The SMILES string of the molecule is CCC1CCC(N(C)C2(CN)CCOC2)CC1. The van der Waals surface area contributed by atoms with Crippen LogP contribution < -0.4 is 5.73 Å². The summed E-state index contributed by atoms with van der Waals surface area (Å²) in [4.78, 5) is 2.55. The lowest BCUT2D eigenvalue weighted by Gasteiger charge is -2.44. The molecule has 100 valence electrons. The summed E-state index contributed by atoms with van der Waals surface area (Å²) in [6, 6.07) is 0.725. The van der Waals surface area contributed by atoms with Crippen LogP contribution in [0.15, 0.2) is 0 Å². The van der Waals surface area contributed by atoms with Crippen molar-refractivity contribution < 1.29 is 4.74 Å². The van der Waals surface area contributed by atoms with Gasteiger partial charge in [0.05, 0.1) is 12.1 Å². The average Bonchev–Trinajstić information content (AvgIpc) is 2.88. The fourth-order valence-electron chi connectivity index (χ4n) is 3.51. The van der Waals surface area contributed by atoms with E-state index in [9.17, 15) is 0 Å². The number of hydrogen-bond donors (Lipinski definition) is 1. The summed E-state index contributed by atoms with van der Waals surface area (Å²) in [7, 11) is 2.26. The molecule has 3 nitrogen and oxygen atoms in total. The van der Waals surface area contributed by atoms with Crippen molar-refractivity contribution in [3.05, 3.63) is 0 Å². The van der Waals surface area contributed by atoms with E-state index in [2.05, 4.69) is 18.9 Å². The van der Waals surface area contributed by atoms with Crippen LogP contribution in [0.25, 0.3) is 0 Å². The first-order valence-electron chi connectivity index (χ1n) is 7.22. The van der Waals surface area contributed by atoms with Gasteiger partial charge >= 0.3 is 0 Å². The third-order valence-corrected chi connectivity index (χ3v) is 5.15. The van der Waals surface area contributed by atoms with E-state index in [1.165, 1.54) is 32.1 Å². The Labute approximate surface area is 106 Å². The Balaban J connectivity index is 1.93. The number of ether oxygens (including phenoxy) is 1. The zero-order valence-electron chi connectivity index (χ0n) is 11.5. The molecule has 1 heterocycles. The number of likely N-dealkylation sites (N-methyl/N-ethyl adjacent to an activating group) is 1. The Morgan fingerprint density at radius 1 is 1.29 bits per heavy atom. The lowest BCUT2D eigenvalue weighted by molar-refractivity contribution is 0.0374.